The molecular weight excluding hydrogens is 665 g/mol. The average Bonchev–Trinajstić information content (AvgIpc) is 3.48. The van der Waals surface area contributed by atoms with Gasteiger partial charge in [0.1, 0.15) is 0 Å². The molecule has 0 bridgehead atoms. The second kappa shape index (κ2) is 13.2. The van der Waals surface area contributed by atoms with Crippen LogP contribution in [0.3, 0.4) is 0 Å². The van der Waals surface area contributed by atoms with Crippen molar-refractivity contribution >= 4 is 10.8 Å². The average molecular weight is 703 g/mol. The molecule has 0 fully saturated rings. The highest BCUT2D eigenvalue weighted by Crippen LogP contribution is 2.53. The number of benzene rings is 8. The third-order valence-electron chi connectivity index (χ3n) is 11.3. The summed E-state index contributed by atoms with van der Waals surface area (Å²) in [5.41, 5.74) is 17.4. The van der Waals surface area contributed by atoms with Crippen molar-refractivity contribution in [2.75, 3.05) is 0 Å². The van der Waals surface area contributed by atoms with Crippen molar-refractivity contribution in [3.8, 4) is 78.4 Å². The molecule has 0 unspecified atom stereocenters. The Balaban J connectivity index is 1.03. The van der Waals surface area contributed by atoms with E-state index in [4.69, 9.17) is 9.97 Å². The third kappa shape index (κ3) is 5.84. The minimum Gasteiger partial charge on any atom is -0.228 e. The Morgan fingerprint density at radius 1 is 0.327 bits per heavy atom. The van der Waals surface area contributed by atoms with Gasteiger partial charge in [0.2, 0.25) is 0 Å². The molecule has 0 saturated carbocycles. The second-order valence-electron chi connectivity index (χ2n) is 15.0. The molecule has 0 atom stereocenters. The zero-order valence-electron chi connectivity index (χ0n) is 30.9. The molecule has 1 aliphatic carbocycles. The molecule has 8 aromatic carbocycles. The van der Waals surface area contributed by atoms with E-state index in [0.29, 0.717) is 5.82 Å². The van der Waals surface area contributed by atoms with Gasteiger partial charge in [0.15, 0.2) is 5.82 Å². The smallest absolute Gasteiger partial charge is 0.160 e. The standard InChI is InChI=1S/C53H38N2/c1-53(2)47-22-12-21-45(51(47)46-32-42-17-9-10-18-43(42)33-48(46)53)38-27-29-39(30-28-38)49-34-50(55-52(54-49)40-15-7-4-8-16-40)44-20-11-19-41(31-44)37-25-23-36(24-26-37)35-13-5-3-6-14-35/h3-34H,1-2H3. The lowest BCUT2D eigenvalue weighted by Crippen LogP contribution is -2.14. The summed E-state index contributed by atoms with van der Waals surface area (Å²) < 4.78 is 0. The molecule has 0 amide bonds. The van der Waals surface area contributed by atoms with Crippen molar-refractivity contribution in [1.82, 2.24) is 9.97 Å². The molecule has 55 heavy (non-hydrogen) atoms. The molecule has 2 nitrogen and oxygen atoms in total. The summed E-state index contributed by atoms with van der Waals surface area (Å²) in [5, 5.41) is 2.56. The first-order valence-corrected chi connectivity index (χ1v) is 19.0. The van der Waals surface area contributed by atoms with Gasteiger partial charge in [-0.25, -0.2) is 9.97 Å². The Morgan fingerprint density at radius 2 is 0.836 bits per heavy atom. The Kier molecular flexibility index (Phi) is 7.85. The van der Waals surface area contributed by atoms with Crippen LogP contribution in [0.5, 0.6) is 0 Å². The Bertz CT molecular complexity index is 2850. The number of hydrogen-bond donors (Lipinski definition) is 0. The Hall–Kier alpha value is -6.90. The Labute approximate surface area is 322 Å². The molecule has 0 radical (unpaired) electrons. The maximum absolute atomic E-state index is 5.15. The molecule has 9 aromatic rings. The summed E-state index contributed by atoms with van der Waals surface area (Å²) in [4.78, 5) is 10.3. The van der Waals surface area contributed by atoms with Crippen LogP contribution in [0.4, 0.5) is 0 Å². The van der Waals surface area contributed by atoms with Gasteiger partial charge in [-0.2, -0.15) is 0 Å². The second-order valence-corrected chi connectivity index (χ2v) is 15.0. The molecule has 2 heteroatoms. The molecule has 1 aromatic heterocycles. The topological polar surface area (TPSA) is 25.8 Å². The van der Waals surface area contributed by atoms with Gasteiger partial charge in [-0.05, 0) is 90.7 Å². The number of fused-ring (bicyclic) bond motifs is 4. The van der Waals surface area contributed by atoms with Crippen LogP contribution in [-0.2, 0) is 5.41 Å². The minimum atomic E-state index is -0.0846. The van der Waals surface area contributed by atoms with Gasteiger partial charge in [-0.1, -0.05) is 184 Å². The fraction of sp³-hybridized carbons (Fsp3) is 0.0566. The summed E-state index contributed by atoms with van der Waals surface area (Å²) in [6.07, 6.45) is 0. The van der Waals surface area contributed by atoms with Crippen molar-refractivity contribution in [3.63, 3.8) is 0 Å². The molecule has 0 saturated heterocycles. The molecule has 1 heterocycles. The van der Waals surface area contributed by atoms with E-state index >= 15 is 0 Å². The largest absolute Gasteiger partial charge is 0.228 e. The van der Waals surface area contributed by atoms with E-state index in [-0.39, 0.29) is 5.41 Å². The molecular formula is C53H38N2. The van der Waals surface area contributed by atoms with Gasteiger partial charge < -0.3 is 0 Å². The highest BCUT2D eigenvalue weighted by Gasteiger charge is 2.37. The highest BCUT2D eigenvalue weighted by atomic mass is 14.9. The summed E-state index contributed by atoms with van der Waals surface area (Å²) in [6.45, 7) is 4.71. The van der Waals surface area contributed by atoms with Crippen LogP contribution in [0.2, 0.25) is 0 Å². The van der Waals surface area contributed by atoms with E-state index in [2.05, 4.69) is 190 Å². The van der Waals surface area contributed by atoms with Crippen LogP contribution in [0.1, 0.15) is 25.0 Å². The quantitative estimate of drug-likeness (QED) is 0.172. The predicted molar refractivity (Wildman–Crippen MR) is 230 cm³/mol. The fourth-order valence-corrected chi connectivity index (χ4v) is 8.34. The van der Waals surface area contributed by atoms with Gasteiger partial charge in [0.05, 0.1) is 11.4 Å². The van der Waals surface area contributed by atoms with Gasteiger partial charge in [0.25, 0.3) is 0 Å². The predicted octanol–water partition coefficient (Wildman–Crippen LogP) is 13.9. The van der Waals surface area contributed by atoms with Gasteiger partial charge in [-0.15, -0.1) is 0 Å². The van der Waals surface area contributed by atoms with Crippen molar-refractivity contribution < 1.29 is 0 Å². The van der Waals surface area contributed by atoms with Crippen molar-refractivity contribution in [1.29, 1.82) is 0 Å². The van der Waals surface area contributed by atoms with Crippen molar-refractivity contribution in [2.45, 2.75) is 19.3 Å². The highest BCUT2D eigenvalue weighted by molar-refractivity contribution is 5.98. The first kappa shape index (κ1) is 32.7. The number of rotatable bonds is 6. The monoisotopic (exact) mass is 702 g/mol. The zero-order chi connectivity index (χ0) is 36.9. The zero-order valence-corrected chi connectivity index (χ0v) is 30.9. The normalized spacial score (nSPS) is 12.7. The molecule has 260 valence electrons. The lowest BCUT2D eigenvalue weighted by atomic mass is 9.81. The Morgan fingerprint density at radius 3 is 1.55 bits per heavy atom. The molecule has 0 aliphatic heterocycles. The number of aromatic nitrogens is 2. The number of hydrogen-bond acceptors (Lipinski definition) is 2. The van der Waals surface area contributed by atoms with E-state index in [1.807, 2.05) is 18.2 Å². The van der Waals surface area contributed by atoms with Crippen molar-refractivity contribution in [2.24, 2.45) is 0 Å². The SMILES string of the molecule is CC1(C)c2cc3ccccc3cc2-c2c(-c3ccc(-c4cc(-c5cccc(-c6ccc(-c7ccccc7)cc6)c5)nc(-c5ccccc5)n4)cc3)cccc21. The first-order chi connectivity index (χ1) is 27.0. The van der Waals surface area contributed by atoms with E-state index in [9.17, 15) is 0 Å². The van der Waals surface area contributed by atoms with Gasteiger partial charge in [-0.3, -0.25) is 0 Å². The van der Waals surface area contributed by atoms with Crippen LogP contribution in [0.15, 0.2) is 194 Å². The summed E-state index contributed by atoms with van der Waals surface area (Å²) in [5.74, 6) is 0.710. The lowest BCUT2D eigenvalue weighted by molar-refractivity contribution is 0.661. The summed E-state index contributed by atoms with van der Waals surface area (Å²) >= 11 is 0. The molecule has 0 N–H and O–H groups in total. The van der Waals surface area contributed by atoms with Crippen LogP contribution in [0, 0.1) is 0 Å². The van der Waals surface area contributed by atoms with Crippen LogP contribution in [-0.4, -0.2) is 9.97 Å². The van der Waals surface area contributed by atoms with Gasteiger partial charge >= 0.3 is 0 Å². The van der Waals surface area contributed by atoms with Crippen LogP contribution < -0.4 is 0 Å². The van der Waals surface area contributed by atoms with E-state index in [0.717, 1.165) is 33.6 Å². The fourth-order valence-electron chi connectivity index (χ4n) is 8.34. The van der Waals surface area contributed by atoms with E-state index < -0.39 is 0 Å². The van der Waals surface area contributed by atoms with Gasteiger partial charge in [0, 0.05) is 22.1 Å². The van der Waals surface area contributed by atoms with Crippen LogP contribution >= 0.6 is 0 Å². The van der Waals surface area contributed by atoms with E-state index in [1.54, 1.807) is 0 Å². The molecule has 0 spiro atoms. The summed E-state index contributed by atoms with van der Waals surface area (Å²) in [7, 11) is 0. The van der Waals surface area contributed by atoms with Crippen molar-refractivity contribution in [3.05, 3.63) is 205 Å². The summed E-state index contributed by atoms with van der Waals surface area (Å²) in [6, 6.07) is 69.6. The minimum absolute atomic E-state index is 0.0846. The lowest BCUT2D eigenvalue weighted by Gasteiger charge is -2.22. The third-order valence-corrected chi connectivity index (χ3v) is 11.3. The first-order valence-electron chi connectivity index (χ1n) is 19.0. The number of nitrogens with zero attached hydrogens (tertiary/aromatic N) is 2. The molecule has 1 aliphatic rings. The maximum atomic E-state index is 5.15. The van der Waals surface area contributed by atoms with Crippen LogP contribution in [0.25, 0.3) is 89.2 Å². The molecule has 10 rings (SSSR count). The maximum Gasteiger partial charge on any atom is 0.160 e. The van der Waals surface area contributed by atoms with E-state index in [1.165, 1.54) is 60.8 Å².